The van der Waals surface area contributed by atoms with Gasteiger partial charge in [-0.3, -0.25) is 0 Å². The Morgan fingerprint density at radius 1 is 1.56 bits per heavy atom. The molecule has 1 nitrogen and oxygen atoms in total. The Hall–Kier alpha value is -0.720. The quantitative estimate of drug-likeness (QED) is 0.528. The van der Waals surface area contributed by atoms with E-state index in [-0.39, 0.29) is 0 Å². The molecule has 0 rings (SSSR count). The summed E-state index contributed by atoms with van der Waals surface area (Å²) in [7, 11) is 0. The van der Waals surface area contributed by atoms with Gasteiger partial charge in [0.05, 0.1) is 12.0 Å². The lowest BCUT2D eigenvalue weighted by molar-refractivity contribution is 0.351. The maximum absolute atomic E-state index is 5.11. The van der Waals surface area contributed by atoms with Crippen LogP contribution in [-0.4, -0.2) is 0 Å². The molecular formula is C8H14O. The van der Waals surface area contributed by atoms with Crippen LogP contribution in [0.4, 0.5) is 0 Å². The van der Waals surface area contributed by atoms with Gasteiger partial charge in [0.15, 0.2) is 0 Å². The first-order valence-electron chi connectivity index (χ1n) is 3.25. The summed E-state index contributed by atoms with van der Waals surface area (Å²) in [6, 6.07) is 0. The third-order valence-corrected chi connectivity index (χ3v) is 0.992. The normalized spacial score (nSPS) is 12.6. The van der Waals surface area contributed by atoms with Gasteiger partial charge < -0.3 is 4.74 Å². The third kappa shape index (κ3) is 5.15. The van der Waals surface area contributed by atoms with Crippen molar-refractivity contribution in [2.75, 3.05) is 0 Å². The van der Waals surface area contributed by atoms with Crippen LogP contribution in [0.3, 0.4) is 0 Å². The molecule has 52 valence electrons. The van der Waals surface area contributed by atoms with Gasteiger partial charge in [0.1, 0.15) is 0 Å². The topological polar surface area (TPSA) is 9.23 Å². The SMILES string of the molecule is C/C=C(/C)O/C=C/CC. The van der Waals surface area contributed by atoms with Gasteiger partial charge in [-0.05, 0) is 32.4 Å². The van der Waals surface area contributed by atoms with Gasteiger partial charge in [-0.1, -0.05) is 6.92 Å². The van der Waals surface area contributed by atoms with Gasteiger partial charge in [0.25, 0.3) is 0 Å². The number of hydrogen-bond donors (Lipinski definition) is 0. The fourth-order valence-corrected chi connectivity index (χ4v) is 0.320. The Bertz CT molecular complexity index is 112. The molecule has 0 atom stereocenters. The summed E-state index contributed by atoms with van der Waals surface area (Å²) in [4.78, 5) is 0. The summed E-state index contributed by atoms with van der Waals surface area (Å²) in [5.41, 5.74) is 0. The molecule has 0 radical (unpaired) electrons. The molecule has 1 heteroatoms. The van der Waals surface area contributed by atoms with Crippen LogP contribution in [0.1, 0.15) is 27.2 Å². The van der Waals surface area contributed by atoms with Crippen molar-refractivity contribution in [1.82, 2.24) is 0 Å². The van der Waals surface area contributed by atoms with Gasteiger partial charge in [-0.15, -0.1) is 0 Å². The molecule has 0 aliphatic heterocycles. The number of hydrogen-bond acceptors (Lipinski definition) is 1. The highest BCUT2D eigenvalue weighted by Crippen LogP contribution is 1.94. The van der Waals surface area contributed by atoms with Crippen LogP contribution in [0.15, 0.2) is 24.2 Å². The van der Waals surface area contributed by atoms with Crippen molar-refractivity contribution in [3.8, 4) is 0 Å². The highest BCUT2D eigenvalue weighted by Gasteiger charge is 1.77. The van der Waals surface area contributed by atoms with E-state index in [4.69, 9.17) is 4.74 Å². The second kappa shape index (κ2) is 5.42. The minimum atomic E-state index is 0.944. The molecule has 0 saturated carbocycles. The molecule has 0 aliphatic rings. The van der Waals surface area contributed by atoms with Crippen LogP contribution < -0.4 is 0 Å². The first-order chi connectivity index (χ1) is 4.31. The minimum absolute atomic E-state index is 0.944. The lowest BCUT2D eigenvalue weighted by Crippen LogP contribution is -1.74. The molecule has 0 heterocycles. The molecule has 0 fully saturated rings. The van der Waals surface area contributed by atoms with Gasteiger partial charge in [0, 0.05) is 0 Å². The molecule has 0 bridgehead atoms. The molecule has 0 spiro atoms. The Morgan fingerprint density at radius 3 is 2.67 bits per heavy atom. The molecule has 0 aliphatic carbocycles. The van der Waals surface area contributed by atoms with E-state index in [1.54, 1.807) is 6.26 Å². The average Bonchev–Trinajstić information content (AvgIpc) is 1.89. The van der Waals surface area contributed by atoms with Gasteiger partial charge in [-0.2, -0.15) is 0 Å². The smallest absolute Gasteiger partial charge is 0.0958 e. The van der Waals surface area contributed by atoms with Crippen molar-refractivity contribution in [3.05, 3.63) is 24.2 Å². The Balaban J connectivity index is 3.38. The second-order valence-electron chi connectivity index (χ2n) is 1.80. The zero-order valence-electron chi connectivity index (χ0n) is 6.35. The summed E-state index contributed by atoms with van der Waals surface area (Å²) in [5, 5.41) is 0. The molecule has 0 aromatic heterocycles. The molecular weight excluding hydrogens is 112 g/mol. The standard InChI is InChI=1S/C8H14O/c1-4-6-7-9-8(3)5-2/h5-7H,4H2,1-3H3/b7-6+,8-5-. The predicted molar refractivity (Wildman–Crippen MR) is 39.9 cm³/mol. The monoisotopic (exact) mass is 126 g/mol. The van der Waals surface area contributed by atoms with Crippen LogP contribution >= 0.6 is 0 Å². The zero-order chi connectivity index (χ0) is 7.11. The number of ether oxygens (including phenoxy) is 1. The molecule has 0 amide bonds. The molecule has 0 aromatic rings. The first kappa shape index (κ1) is 8.28. The van der Waals surface area contributed by atoms with Gasteiger partial charge in [0.2, 0.25) is 0 Å². The third-order valence-electron chi connectivity index (χ3n) is 0.992. The second-order valence-corrected chi connectivity index (χ2v) is 1.80. The summed E-state index contributed by atoms with van der Waals surface area (Å²) in [5.74, 6) is 0.944. The largest absolute Gasteiger partial charge is 0.470 e. The molecule has 9 heavy (non-hydrogen) atoms. The predicted octanol–water partition coefficient (Wildman–Crippen LogP) is 2.85. The summed E-state index contributed by atoms with van der Waals surface area (Å²) in [6.07, 6.45) is 6.65. The fraction of sp³-hybridized carbons (Fsp3) is 0.500. The molecule has 0 aromatic carbocycles. The van der Waals surface area contributed by atoms with E-state index in [0.29, 0.717) is 0 Å². The van der Waals surface area contributed by atoms with Gasteiger partial charge in [-0.25, -0.2) is 0 Å². The zero-order valence-corrected chi connectivity index (χ0v) is 6.35. The Labute approximate surface area is 57.0 Å². The van der Waals surface area contributed by atoms with Gasteiger partial charge >= 0.3 is 0 Å². The van der Waals surface area contributed by atoms with E-state index in [9.17, 15) is 0 Å². The highest BCUT2D eigenvalue weighted by atomic mass is 16.5. The van der Waals surface area contributed by atoms with Crippen LogP contribution in [0.2, 0.25) is 0 Å². The van der Waals surface area contributed by atoms with E-state index in [1.807, 2.05) is 26.0 Å². The average molecular weight is 126 g/mol. The lowest BCUT2D eigenvalue weighted by Gasteiger charge is -1.95. The van der Waals surface area contributed by atoms with Crippen LogP contribution in [-0.2, 0) is 4.74 Å². The van der Waals surface area contributed by atoms with Crippen molar-refractivity contribution in [2.24, 2.45) is 0 Å². The van der Waals surface area contributed by atoms with Crippen molar-refractivity contribution in [2.45, 2.75) is 27.2 Å². The summed E-state index contributed by atoms with van der Waals surface area (Å²) >= 11 is 0. The molecule has 0 saturated heterocycles. The summed E-state index contributed by atoms with van der Waals surface area (Å²) in [6.45, 7) is 5.96. The van der Waals surface area contributed by atoms with E-state index in [0.717, 1.165) is 12.2 Å². The first-order valence-corrected chi connectivity index (χ1v) is 3.25. The van der Waals surface area contributed by atoms with Crippen molar-refractivity contribution in [3.63, 3.8) is 0 Å². The maximum atomic E-state index is 5.11. The Kier molecular flexibility index (Phi) is 4.98. The number of allylic oxidation sites excluding steroid dienone is 3. The van der Waals surface area contributed by atoms with Crippen LogP contribution in [0, 0.1) is 0 Å². The molecule has 0 unspecified atom stereocenters. The summed E-state index contributed by atoms with van der Waals surface area (Å²) < 4.78 is 5.11. The van der Waals surface area contributed by atoms with E-state index < -0.39 is 0 Å². The Morgan fingerprint density at radius 2 is 2.22 bits per heavy atom. The fourth-order valence-electron chi connectivity index (χ4n) is 0.320. The number of rotatable bonds is 3. The van der Waals surface area contributed by atoms with Crippen molar-refractivity contribution < 1.29 is 4.74 Å². The van der Waals surface area contributed by atoms with E-state index >= 15 is 0 Å². The van der Waals surface area contributed by atoms with Crippen LogP contribution in [0.5, 0.6) is 0 Å². The van der Waals surface area contributed by atoms with E-state index in [1.165, 1.54) is 0 Å². The van der Waals surface area contributed by atoms with Crippen molar-refractivity contribution in [1.29, 1.82) is 0 Å². The van der Waals surface area contributed by atoms with Crippen molar-refractivity contribution >= 4 is 0 Å². The molecule has 0 N–H and O–H groups in total. The highest BCUT2D eigenvalue weighted by molar-refractivity contribution is 4.88. The minimum Gasteiger partial charge on any atom is -0.470 e. The lowest BCUT2D eigenvalue weighted by atomic mass is 10.5. The van der Waals surface area contributed by atoms with E-state index in [2.05, 4.69) is 6.92 Å². The van der Waals surface area contributed by atoms with Crippen LogP contribution in [0.25, 0.3) is 0 Å². The maximum Gasteiger partial charge on any atom is 0.0958 e.